The molecule has 17 heavy (non-hydrogen) atoms. The summed E-state index contributed by atoms with van der Waals surface area (Å²) in [6.45, 7) is 1.35. The van der Waals surface area contributed by atoms with Crippen LogP contribution >= 0.6 is 0 Å². The lowest BCUT2D eigenvalue weighted by molar-refractivity contribution is -0.385. The van der Waals surface area contributed by atoms with Crippen LogP contribution in [0.15, 0.2) is 12.1 Å². The molecule has 8 heteroatoms. The van der Waals surface area contributed by atoms with Gasteiger partial charge in [0.25, 0.3) is 5.69 Å². The Labute approximate surface area is 95.3 Å². The molecule has 0 saturated carbocycles. The number of aliphatic hydroxyl groups excluding tert-OH is 2. The molecular weight excluding hydrogens is 232 g/mol. The third-order valence-corrected chi connectivity index (χ3v) is 2.13. The number of rotatable bonds is 4. The van der Waals surface area contributed by atoms with Crippen molar-refractivity contribution in [2.45, 2.75) is 19.1 Å². The van der Waals surface area contributed by atoms with Crippen molar-refractivity contribution < 1.29 is 25.0 Å². The lowest BCUT2D eigenvalue weighted by Crippen LogP contribution is -2.28. The van der Waals surface area contributed by atoms with E-state index in [4.69, 9.17) is 10.2 Å². The maximum Gasteiger partial charge on any atom is 0.335 e. The molecule has 2 atom stereocenters. The monoisotopic (exact) mass is 242 g/mol. The van der Waals surface area contributed by atoms with Crippen LogP contribution in [0.5, 0.6) is 0 Å². The van der Waals surface area contributed by atoms with Crippen LogP contribution in [0.3, 0.4) is 0 Å². The van der Waals surface area contributed by atoms with E-state index in [1.54, 1.807) is 0 Å². The van der Waals surface area contributed by atoms with Gasteiger partial charge in [0.15, 0.2) is 6.10 Å². The van der Waals surface area contributed by atoms with Crippen LogP contribution in [0.1, 0.15) is 17.5 Å². The van der Waals surface area contributed by atoms with Crippen molar-refractivity contribution in [3.05, 3.63) is 33.6 Å². The minimum atomic E-state index is -2.02. The van der Waals surface area contributed by atoms with E-state index in [1.807, 2.05) is 0 Å². The van der Waals surface area contributed by atoms with Gasteiger partial charge in [-0.05, 0) is 13.0 Å². The number of aliphatic hydroxyl groups is 2. The fourth-order valence-corrected chi connectivity index (χ4v) is 1.23. The Balaban J connectivity index is 3.05. The Kier molecular flexibility index (Phi) is 3.71. The molecule has 1 heterocycles. The Hall–Kier alpha value is -2.06. The highest BCUT2D eigenvalue weighted by Gasteiger charge is 2.27. The third kappa shape index (κ3) is 2.74. The molecule has 0 aromatic carbocycles. The van der Waals surface area contributed by atoms with Gasteiger partial charge < -0.3 is 15.3 Å². The lowest BCUT2D eigenvalue weighted by atomic mass is 10.1. The Morgan fingerprint density at radius 1 is 1.47 bits per heavy atom. The van der Waals surface area contributed by atoms with Gasteiger partial charge >= 0.3 is 5.97 Å². The van der Waals surface area contributed by atoms with Crippen LogP contribution in [0.2, 0.25) is 0 Å². The molecule has 1 aromatic rings. The summed E-state index contributed by atoms with van der Waals surface area (Å²) < 4.78 is 0. The van der Waals surface area contributed by atoms with Crippen molar-refractivity contribution in [3.8, 4) is 0 Å². The molecule has 0 aliphatic carbocycles. The molecular formula is C9H10N2O6. The summed E-state index contributed by atoms with van der Waals surface area (Å²) in [4.78, 5) is 24.0. The number of nitro groups is 1. The number of carboxylic acid groups (broad SMARTS) is 1. The largest absolute Gasteiger partial charge is 0.479 e. The Morgan fingerprint density at radius 2 is 2.06 bits per heavy atom. The van der Waals surface area contributed by atoms with Crippen LogP contribution in [0.25, 0.3) is 0 Å². The van der Waals surface area contributed by atoms with Crippen LogP contribution in [-0.2, 0) is 4.79 Å². The lowest BCUT2D eigenvalue weighted by Gasteiger charge is -2.13. The molecule has 1 aromatic heterocycles. The summed E-state index contributed by atoms with van der Waals surface area (Å²) in [6, 6.07) is 2.19. The fraction of sp³-hybridized carbons (Fsp3) is 0.333. The van der Waals surface area contributed by atoms with Crippen molar-refractivity contribution in [1.82, 2.24) is 4.98 Å². The summed E-state index contributed by atoms with van der Waals surface area (Å²) in [5.74, 6) is -1.60. The van der Waals surface area contributed by atoms with Crippen molar-refractivity contribution in [3.63, 3.8) is 0 Å². The first-order chi connectivity index (χ1) is 7.84. The molecule has 8 nitrogen and oxygen atoms in total. The van der Waals surface area contributed by atoms with Gasteiger partial charge in [-0.2, -0.15) is 0 Å². The highest BCUT2D eigenvalue weighted by Crippen LogP contribution is 2.21. The fourth-order valence-electron chi connectivity index (χ4n) is 1.23. The zero-order valence-electron chi connectivity index (χ0n) is 8.77. The van der Waals surface area contributed by atoms with E-state index < -0.39 is 23.1 Å². The number of aryl methyl sites for hydroxylation is 1. The number of aliphatic carboxylic acids is 1. The molecule has 0 aliphatic heterocycles. The van der Waals surface area contributed by atoms with Gasteiger partial charge in [0.1, 0.15) is 11.8 Å². The Bertz CT molecular complexity index is 461. The zero-order chi connectivity index (χ0) is 13.2. The quantitative estimate of drug-likeness (QED) is 0.490. The highest BCUT2D eigenvalue weighted by molar-refractivity contribution is 5.72. The Morgan fingerprint density at radius 3 is 2.47 bits per heavy atom. The first kappa shape index (κ1) is 13.0. The SMILES string of the molecule is Cc1nc(C(O)C(O)C(=O)O)ccc1[N+](=O)[O-]. The molecule has 0 bridgehead atoms. The molecule has 92 valence electrons. The van der Waals surface area contributed by atoms with Crippen molar-refractivity contribution >= 4 is 11.7 Å². The standard InChI is InChI=1S/C9H10N2O6/c1-4-6(11(16)17)3-2-5(10-4)7(12)8(13)9(14)15/h2-3,7-8,12-13H,1H3,(H,14,15). The molecule has 0 spiro atoms. The topological polar surface area (TPSA) is 134 Å². The average Bonchev–Trinajstić information content (AvgIpc) is 2.26. The molecule has 0 radical (unpaired) electrons. The average molecular weight is 242 g/mol. The van der Waals surface area contributed by atoms with E-state index in [-0.39, 0.29) is 17.1 Å². The molecule has 0 fully saturated rings. The molecule has 2 unspecified atom stereocenters. The second kappa shape index (κ2) is 4.85. The van der Waals surface area contributed by atoms with Crippen molar-refractivity contribution in [2.75, 3.05) is 0 Å². The number of carboxylic acids is 1. The third-order valence-electron chi connectivity index (χ3n) is 2.13. The van der Waals surface area contributed by atoms with Gasteiger partial charge in [-0.15, -0.1) is 0 Å². The minimum Gasteiger partial charge on any atom is -0.479 e. The summed E-state index contributed by atoms with van der Waals surface area (Å²) in [5, 5.41) is 37.5. The van der Waals surface area contributed by atoms with E-state index in [2.05, 4.69) is 4.98 Å². The second-order valence-corrected chi connectivity index (χ2v) is 3.33. The minimum absolute atomic E-state index is 0.0316. The van der Waals surface area contributed by atoms with Gasteiger partial charge in [0.2, 0.25) is 0 Å². The summed E-state index contributed by atoms with van der Waals surface area (Å²) in [6.07, 6.45) is -3.75. The van der Waals surface area contributed by atoms with E-state index in [0.717, 1.165) is 12.1 Å². The first-order valence-electron chi connectivity index (χ1n) is 4.55. The zero-order valence-corrected chi connectivity index (χ0v) is 8.77. The van der Waals surface area contributed by atoms with E-state index in [9.17, 15) is 20.0 Å². The van der Waals surface area contributed by atoms with Gasteiger partial charge in [0.05, 0.1) is 10.6 Å². The normalized spacial score (nSPS) is 14.1. The van der Waals surface area contributed by atoms with Gasteiger partial charge in [-0.25, -0.2) is 9.78 Å². The van der Waals surface area contributed by atoms with Crippen molar-refractivity contribution in [1.29, 1.82) is 0 Å². The predicted molar refractivity (Wildman–Crippen MR) is 54.2 cm³/mol. The van der Waals surface area contributed by atoms with Gasteiger partial charge in [-0.3, -0.25) is 10.1 Å². The maximum absolute atomic E-state index is 10.5. The second-order valence-electron chi connectivity index (χ2n) is 3.33. The number of hydrogen-bond acceptors (Lipinski definition) is 6. The number of nitrogens with zero attached hydrogens (tertiary/aromatic N) is 2. The molecule has 3 N–H and O–H groups in total. The highest BCUT2D eigenvalue weighted by atomic mass is 16.6. The predicted octanol–water partition coefficient (Wildman–Crippen LogP) is -0.223. The van der Waals surface area contributed by atoms with E-state index in [0.29, 0.717) is 0 Å². The van der Waals surface area contributed by atoms with Crippen LogP contribution in [0.4, 0.5) is 5.69 Å². The number of hydrogen-bond donors (Lipinski definition) is 3. The summed E-state index contributed by atoms with van der Waals surface area (Å²) in [7, 11) is 0. The van der Waals surface area contributed by atoms with Gasteiger partial charge in [-0.1, -0.05) is 0 Å². The molecule has 1 rings (SSSR count). The number of aromatic nitrogens is 1. The smallest absolute Gasteiger partial charge is 0.335 e. The summed E-state index contributed by atoms with van der Waals surface area (Å²) in [5.41, 5.74) is -0.349. The number of pyridine rings is 1. The molecule has 0 saturated heterocycles. The number of carbonyl (C=O) groups is 1. The van der Waals surface area contributed by atoms with Crippen LogP contribution in [0, 0.1) is 17.0 Å². The summed E-state index contributed by atoms with van der Waals surface area (Å²) >= 11 is 0. The van der Waals surface area contributed by atoms with E-state index in [1.165, 1.54) is 6.92 Å². The molecule has 0 aliphatic rings. The first-order valence-corrected chi connectivity index (χ1v) is 4.55. The van der Waals surface area contributed by atoms with Crippen LogP contribution in [-0.4, -0.2) is 37.3 Å². The van der Waals surface area contributed by atoms with E-state index >= 15 is 0 Å². The van der Waals surface area contributed by atoms with Crippen molar-refractivity contribution in [2.24, 2.45) is 0 Å². The maximum atomic E-state index is 10.5. The van der Waals surface area contributed by atoms with Crippen LogP contribution < -0.4 is 0 Å². The van der Waals surface area contributed by atoms with Gasteiger partial charge in [0, 0.05) is 6.07 Å². The molecule has 0 amide bonds.